The molecule has 1 aliphatic rings. The maximum absolute atomic E-state index is 12.8. The molecule has 1 saturated carbocycles. The van der Waals surface area contributed by atoms with Crippen LogP contribution in [0.2, 0.25) is 0 Å². The lowest BCUT2D eigenvalue weighted by molar-refractivity contribution is -0.137. The predicted molar refractivity (Wildman–Crippen MR) is 79.1 cm³/mol. The van der Waals surface area contributed by atoms with Crippen molar-refractivity contribution in [3.05, 3.63) is 52.9 Å². The number of alkyl halides is 3. The molecule has 0 atom stereocenters. The molecule has 1 aromatic carbocycles. The number of rotatable bonds is 3. The molecule has 1 heterocycles. The number of carbonyl (C=O) groups excluding carboxylic acids is 1. The van der Waals surface area contributed by atoms with Crippen molar-refractivity contribution >= 4 is 5.91 Å². The average Bonchev–Trinajstić information content (AvgIpc) is 3.28. The van der Waals surface area contributed by atoms with E-state index in [1.807, 2.05) is 0 Å². The Morgan fingerprint density at radius 1 is 1.33 bits per heavy atom. The minimum absolute atomic E-state index is 0.0867. The number of nitrogens with zero attached hydrogens (tertiary/aromatic N) is 1. The topological polar surface area (TPSA) is 55.1 Å². The molecule has 124 valence electrons. The molecule has 0 bridgehead atoms. The van der Waals surface area contributed by atoms with E-state index in [0.29, 0.717) is 11.7 Å². The highest BCUT2D eigenvalue weighted by Crippen LogP contribution is 2.40. The summed E-state index contributed by atoms with van der Waals surface area (Å²) in [6.07, 6.45) is -2.41. The Morgan fingerprint density at radius 3 is 2.79 bits per heavy atom. The van der Waals surface area contributed by atoms with E-state index in [1.165, 1.54) is 18.2 Å². The molecule has 3 rings (SSSR count). The Bertz CT molecular complexity index is 811. The summed E-state index contributed by atoms with van der Waals surface area (Å²) in [5.41, 5.74) is -0.777. The van der Waals surface area contributed by atoms with Crippen molar-refractivity contribution in [1.82, 2.24) is 10.5 Å². The van der Waals surface area contributed by atoms with Crippen molar-refractivity contribution in [2.45, 2.75) is 24.9 Å². The van der Waals surface area contributed by atoms with Crippen LogP contribution < -0.4 is 5.32 Å². The maximum atomic E-state index is 12.8. The van der Waals surface area contributed by atoms with Crippen LogP contribution in [0.4, 0.5) is 13.2 Å². The maximum Gasteiger partial charge on any atom is 0.417 e. The van der Waals surface area contributed by atoms with Crippen LogP contribution in [-0.2, 0) is 6.18 Å². The molecule has 0 saturated heterocycles. The number of hydrogen-bond donors (Lipinski definition) is 1. The van der Waals surface area contributed by atoms with Gasteiger partial charge in [-0.1, -0.05) is 29.1 Å². The van der Waals surface area contributed by atoms with Gasteiger partial charge in [0.25, 0.3) is 5.91 Å². The first kappa shape index (κ1) is 16.1. The molecule has 0 aliphatic heterocycles. The van der Waals surface area contributed by atoms with Gasteiger partial charge in [-0.2, -0.15) is 13.2 Å². The second-order valence-corrected chi connectivity index (χ2v) is 5.42. The predicted octanol–water partition coefficient (Wildman–Crippen LogP) is 3.35. The third kappa shape index (κ3) is 3.77. The van der Waals surface area contributed by atoms with Crippen molar-refractivity contribution in [2.75, 3.05) is 6.54 Å². The van der Waals surface area contributed by atoms with Gasteiger partial charge in [0.15, 0.2) is 5.69 Å². The standard InChI is InChI=1S/C17H13F3N2O2/c18-17(19,20)13-6-2-1-4-11(13)5-3-9-21-16(23)14-10-15(24-22-14)12-7-8-12/h1-2,4,6,10,12H,7-9H2,(H,21,23). The Morgan fingerprint density at radius 2 is 2.08 bits per heavy atom. The van der Waals surface area contributed by atoms with Crippen LogP contribution in [0.15, 0.2) is 34.9 Å². The fourth-order valence-electron chi connectivity index (χ4n) is 2.15. The number of aromatic nitrogens is 1. The highest BCUT2D eigenvalue weighted by Gasteiger charge is 2.32. The molecular weight excluding hydrogens is 321 g/mol. The number of benzene rings is 1. The second kappa shape index (κ2) is 6.40. The molecule has 7 heteroatoms. The van der Waals surface area contributed by atoms with E-state index in [2.05, 4.69) is 22.3 Å². The van der Waals surface area contributed by atoms with Crippen molar-refractivity contribution < 1.29 is 22.5 Å². The van der Waals surface area contributed by atoms with Crippen LogP contribution >= 0.6 is 0 Å². The van der Waals surface area contributed by atoms with E-state index in [0.717, 1.165) is 18.9 Å². The van der Waals surface area contributed by atoms with E-state index in [1.54, 1.807) is 6.07 Å². The lowest BCUT2D eigenvalue weighted by atomic mass is 10.1. The van der Waals surface area contributed by atoms with E-state index < -0.39 is 17.6 Å². The lowest BCUT2D eigenvalue weighted by Crippen LogP contribution is -2.23. The minimum Gasteiger partial charge on any atom is -0.360 e. The summed E-state index contributed by atoms with van der Waals surface area (Å²) in [5.74, 6) is 5.51. The SMILES string of the molecule is O=C(NCC#Cc1ccccc1C(F)(F)F)c1cc(C2CC2)on1. The third-order valence-corrected chi connectivity index (χ3v) is 3.53. The van der Waals surface area contributed by atoms with Gasteiger partial charge in [-0.25, -0.2) is 0 Å². The molecule has 4 nitrogen and oxygen atoms in total. The van der Waals surface area contributed by atoms with Crippen molar-refractivity contribution in [1.29, 1.82) is 0 Å². The summed E-state index contributed by atoms with van der Waals surface area (Å²) in [6.45, 7) is -0.0867. The van der Waals surface area contributed by atoms with Crippen LogP contribution in [0, 0.1) is 11.8 Å². The summed E-state index contributed by atoms with van der Waals surface area (Å²) < 4.78 is 43.5. The monoisotopic (exact) mass is 334 g/mol. The lowest BCUT2D eigenvalue weighted by Gasteiger charge is -2.08. The van der Waals surface area contributed by atoms with Gasteiger partial charge in [0, 0.05) is 17.5 Å². The summed E-state index contributed by atoms with van der Waals surface area (Å²) in [4.78, 5) is 11.9. The van der Waals surface area contributed by atoms with Gasteiger partial charge in [-0.15, -0.1) is 0 Å². The molecule has 2 aromatic rings. The molecule has 24 heavy (non-hydrogen) atoms. The van der Waals surface area contributed by atoms with Gasteiger partial charge >= 0.3 is 6.18 Å². The van der Waals surface area contributed by atoms with E-state index in [9.17, 15) is 18.0 Å². The zero-order valence-corrected chi connectivity index (χ0v) is 12.5. The van der Waals surface area contributed by atoms with Gasteiger partial charge in [-0.3, -0.25) is 4.79 Å². The molecule has 0 unspecified atom stereocenters. The summed E-state index contributed by atoms with van der Waals surface area (Å²) in [6, 6.07) is 6.62. The highest BCUT2D eigenvalue weighted by molar-refractivity contribution is 5.92. The zero-order chi connectivity index (χ0) is 17.2. The molecule has 1 amide bonds. The second-order valence-electron chi connectivity index (χ2n) is 5.42. The smallest absolute Gasteiger partial charge is 0.360 e. The normalized spacial score (nSPS) is 14.0. The summed E-state index contributed by atoms with van der Waals surface area (Å²) >= 11 is 0. The zero-order valence-electron chi connectivity index (χ0n) is 12.5. The molecule has 1 fully saturated rings. The van der Waals surface area contributed by atoms with Crippen molar-refractivity contribution in [3.8, 4) is 11.8 Å². The Labute approximate surface area is 136 Å². The third-order valence-electron chi connectivity index (χ3n) is 3.53. The van der Waals surface area contributed by atoms with Crippen molar-refractivity contribution in [2.24, 2.45) is 0 Å². The quantitative estimate of drug-likeness (QED) is 0.876. The van der Waals surface area contributed by atoms with Gasteiger partial charge in [0.2, 0.25) is 0 Å². The summed E-state index contributed by atoms with van der Waals surface area (Å²) in [5, 5.41) is 6.16. The number of amides is 1. The molecule has 0 radical (unpaired) electrons. The van der Waals surface area contributed by atoms with Crippen LogP contribution in [0.25, 0.3) is 0 Å². The molecule has 1 N–H and O–H groups in total. The van der Waals surface area contributed by atoms with Crippen LogP contribution in [0.1, 0.15) is 46.1 Å². The fourth-order valence-corrected chi connectivity index (χ4v) is 2.15. The van der Waals surface area contributed by atoms with Gasteiger partial charge in [-0.05, 0) is 25.0 Å². The van der Waals surface area contributed by atoms with Gasteiger partial charge in [0.05, 0.1) is 12.1 Å². The first-order valence-corrected chi connectivity index (χ1v) is 7.35. The molecule has 1 aliphatic carbocycles. The van der Waals surface area contributed by atoms with E-state index in [-0.39, 0.29) is 17.8 Å². The number of nitrogens with one attached hydrogen (secondary N) is 1. The van der Waals surface area contributed by atoms with Gasteiger partial charge in [0.1, 0.15) is 5.76 Å². The van der Waals surface area contributed by atoms with E-state index >= 15 is 0 Å². The Balaban J connectivity index is 1.61. The average molecular weight is 334 g/mol. The fraction of sp³-hybridized carbons (Fsp3) is 0.294. The molecular formula is C17H13F3N2O2. The largest absolute Gasteiger partial charge is 0.417 e. The van der Waals surface area contributed by atoms with Crippen LogP contribution in [0.3, 0.4) is 0 Å². The highest BCUT2D eigenvalue weighted by atomic mass is 19.4. The molecule has 0 spiro atoms. The molecule has 1 aromatic heterocycles. The van der Waals surface area contributed by atoms with Gasteiger partial charge < -0.3 is 9.84 Å². The van der Waals surface area contributed by atoms with Crippen LogP contribution in [-0.4, -0.2) is 17.6 Å². The Kier molecular flexibility index (Phi) is 4.30. The number of halogens is 3. The first-order valence-electron chi connectivity index (χ1n) is 7.35. The van der Waals surface area contributed by atoms with E-state index in [4.69, 9.17) is 4.52 Å². The number of hydrogen-bond acceptors (Lipinski definition) is 3. The summed E-state index contributed by atoms with van der Waals surface area (Å²) in [7, 11) is 0. The Hall–Kier alpha value is -2.75. The minimum atomic E-state index is -4.46. The first-order chi connectivity index (χ1) is 11.4. The van der Waals surface area contributed by atoms with Crippen molar-refractivity contribution in [3.63, 3.8) is 0 Å². The van der Waals surface area contributed by atoms with Crippen LogP contribution in [0.5, 0.6) is 0 Å². The number of carbonyl (C=O) groups is 1.